The maximum Gasteiger partial charge on any atom is 0.225 e. The number of nitrogens with zero attached hydrogens (tertiary/aromatic N) is 3. The molecule has 1 fully saturated rings. The van der Waals surface area contributed by atoms with Gasteiger partial charge in [-0.3, -0.25) is 0 Å². The van der Waals surface area contributed by atoms with Gasteiger partial charge in [0.25, 0.3) is 0 Å². The SMILES string of the molecule is COc1ccc(OC[C@H](C)NCc2cnc(N3CCC(C)CC3)nc2)cc1. The van der Waals surface area contributed by atoms with E-state index in [1.807, 2.05) is 36.7 Å². The van der Waals surface area contributed by atoms with E-state index in [0.29, 0.717) is 6.61 Å². The van der Waals surface area contributed by atoms with E-state index >= 15 is 0 Å². The molecule has 6 heteroatoms. The average molecular weight is 370 g/mol. The van der Waals surface area contributed by atoms with Crippen LogP contribution in [0.25, 0.3) is 0 Å². The molecule has 3 rings (SSSR count). The molecule has 0 saturated carbocycles. The molecule has 0 radical (unpaired) electrons. The van der Waals surface area contributed by atoms with Crippen LogP contribution in [0.1, 0.15) is 32.3 Å². The molecule has 1 saturated heterocycles. The highest BCUT2D eigenvalue weighted by Gasteiger charge is 2.17. The van der Waals surface area contributed by atoms with Crippen LogP contribution < -0.4 is 19.7 Å². The molecular weight excluding hydrogens is 340 g/mol. The Morgan fingerprint density at radius 1 is 1.11 bits per heavy atom. The van der Waals surface area contributed by atoms with Gasteiger partial charge in [0.05, 0.1) is 7.11 Å². The van der Waals surface area contributed by atoms with Crippen molar-refractivity contribution in [2.24, 2.45) is 5.92 Å². The predicted octanol–water partition coefficient (Wildman–Crippen LogP) is 3.28. The van der Waals surface area contributed by atoms with E-state index < -0.39 is 0 Å². The van der Waals surface area contributed by atoms with Crippen molar-refractivity contribution < 1.29 is 9.47 Å². The lowest BCUT2D eigenvalue weighted by atomic mass is 10.00. The smallest absolute Gasteiger partial charge is 0.225 e. The number of anilines is 1. The van der Waals surface area contributed by atoms with Crippen LogP contribution >= 0.6 is 0 Å². The monoisotopic (exact) mass is 370 g/mol. The molecule has 1 aliphatic heterocycles. The molecule has 0 spiro atoms. The third-order valence-electron chi connectivity index (χ3n) is 4.97. The molecule has 6 nitrogen and oxygen atoms in total. The quantitative estimate of drug-likeness (QED) is 0.770. The lowest BCUT2D eigenvalue weighted by Gasteiger charge is -2.30. The van der Waals surface area contributed by atoms with E-state index in [9.17, 15) is 0 Å². The van der Waals surface area contributed by atoms with Gasteiger partial charge in [-0.1, -0.05) is 6.92 Å². The van der Waals surface area contributed by atoms with E-state index in [-0.39, 0.29) is 6.04 Å². The molecule has 0 bridgehead atoms. The van der Waals surface area contributed by atoms with Crippen LogP contribution in [-0.2, 0) is 6.54 Å². The zero-order valence-corrected chi connectivity index (χ0v) is 16.5. The highest BCUT2D eigenvalue weighted by molar-refractivity contribution is 5.31. The largest absolute Gasteiger partial charge is 0.497 e. The first-order valence-corrected chi connectivity index (χ1v) is 9.70. The van der Waals surface area contributed by atoms with Gasteiger partial charge in [0.15, 0.2) is 0 Å². The summed E-state index contributed by atoms with van der Waals surface area (Å²) in [6, 6.07) is 7.85. The highest BCUT2D eigenvalue weighted by Crippen LogP contribution is 2.20. The number of nitrogens with one attached hydrogen (secondary N) is 1. The lowest BCUT2D eigenvalue weighted by Crippen LogP contribution is -2.34. The zero-order valence-electron chi connectivity index (χ0n) is 16.5. The maximum absolute atomic E-state index is 5.81. The Morgan fingerprint density at radius 3 is 2.37 bits per heavy atom. The number of rotatable bonds is 8. The van der Waals surface area contributed by atoms with Crippen molar-refractivity contribution in [1.82, 2.24) is 15.3 Å². The molecule has 2 aromatic rings. The molecule has 1 N–H and O–H groups in total. The third-order valence-corrected chi connectivity index (χ3v) is 4.97. The summed E-state index contributed by atoms with van der Waals surface area (Å²) in [5.74, 6) is 3.33. The second kappa shape index (κ2) is 9.55. The number of hydrogen-bond acceptors (Lipinski definition) is 6. The van der Waals surface area contributed by atoms with Crippen molar-refractivity contribution in [3.63, 3.8) is 0 Å². The number of piperidine rings is 1. The summed E-state index contributed by atoms with van der Waals surface area (Å²) in [5.41, 5.74) is 1.08. The first kappa shape index (κ1) is 19.4. The van der Waals surface area contributed by atoms with Crippen molar-refractivity contribution in [3.05, 3.63) is 42.2 Å². The molecule has 0 aliphatic carbocycles. The minimum absolute atomic E-state index is 0.218. The first-order valence-electron chi connectivity index (χ1n) is 9.70. The van der Waals surface area contributed by atoms with E-state index in [2.05, 4.69) is 34.0 Å². The normalized spacial score (nSPS) is 16.2. The van der Waals surface area contributed by atoms with Gasteiger partial charge < -0.3 is 19.7 Å². The summed E-state index contributed by atoms with van der Waals surface area (Å²) < 4.78 is 11.0. The van der Waals surface area contributed by atoms with Crippen molar-refractivity contribution in [2.75, 3.05) is 31.7 Å². The van der Waals surface area contributed by atoms with Gasteiger partial charge in [0, 0.05) is 43.6 Å². The Balaban J connectivity index is 1.41. The topological polar surface area (TPSA) is 59.5 Å². The molecule has 1 aromatic carbocycles. The average Bonchev–Trinajstić information content (AvgIpc) is 2.72. The van der Waals surface area contributed by atoms with Gasteiger partial charge >= 0.3 is 0 Å². The zero-order chi connectivity index (χ0) is 19.1. The second-order valence-corrected chi connectivity index (χ2v) is 7.33. The molecule has 1 aromatic heterocycles. The minimum atomic E-state index is 0.218. The Hall–Kier alpha value is -2.34. The Kier molecular flexibility index (Phi) is 6.87. The summed E-state index contributed by atoms with van der Waals surface area (Å²) in [6.45, 7) is 7.85. The number of hydrogen-bond donors (Lipinski definition) is 1. The van der Waals surface area contributed by atoms with Crippen LogP contribution in [0, 0.1) is 5.92 Å². The molecule has 27 heavy (non-hydrogen) atoms. The van der Waals surface area contributed by atoms with Gasteiger partial charge in [-0.05, 0) is 49.9 Å². The minimum Gasteiger partial charge on any atom is -0.497 e. The van der Waals surface area contributed by atoms with Crippen LogP contribution in [0.2, 0.25) is 0 Å². The third kappa shape index (κ3) is 5.82. The van der Waals surface area contributed by atoms with Crippen molar-refractivity contribution in [2.45, 2.75) is 39.3 Å². The van der Waals surface area contributed by atoms with Crippen LogP contribution in [0.4, 0.5) is 5.95 Å². The summed E-state index contributed by atoms with van der Waals surface area (Å²) in [4.78, 5) is 11.4. The number of aromatic nitrogens is 2. The fraction of sp³-hybridized carbons (Fsp3) is 0.524. The summed E-state index contributed by atoms with van der Waals surface area (Å²) >= 11 is 0. The predicted molar refractivity (Wildman–Crippen MR) is 107 cm³/mol. The summed E-state index contributed by atoms with van der Waals surface area (Å²) in [6.07, 6.45) is 6.28. The fourth-order valence-electron chi connectivity index (χ4n) is 3.06. The molecule has 0 amide bonds. The molecule has 1 atom stereocenters. The Labute approximate surface area is 161 Å². The van der Waals surface area contributed by atoms with E-state index in [0.717, 1.165) is 48.6 Å². The van der Waals surface area contributed by atoms with Gasteiger partial charge in [0.2, 0.25) is 5.95 Å². The summed E-state index contributed by atoms with van der Waals surface area (Å²) in [7, 11) is 1.66. The number of methoxy groups -OCH3 is 1. The van der Waals surface area contributed by atoms with Gasteiger partial charge in [0.1, 0.15) is 18.1 Å². The van der Waals surface area contributed by atoms with Crippen molar-refractivity contribution >= 4 is 5.95 Å². The molecular formula is C21H30N4O2. The molecule has 146 valence electrons. The number of benzene rings is 1. The first-order chi connectivity index (χ1) is 13.1. The van der Waals surface area contributed by atoms with E-state index in [1.54, 1.807) is 7.11 Å². The summed E-state index contributed by atoms with van der Waals surface area (Å²) in [5, 5.41) is 3.45. The fourth-order valence-corrected chi connectivity index (χ4v) is 3.06. The lowest BCUT2D eigenvalue weighted by molar-refractivity contribution is 0.272. The van der Waals surface area contributed by atoms with Gasteiger partial charge in [-0.15, -0.1) is 0 Å². The Bertz CT molecular complexity index is 682. The Morgan fingerprint density at radius 2 is 1.74 bits per heavy atom. The van der Waals surface area contributed by atoms with Crippen molar-refractivity contribution in [3.8, 4) is 11.5 Å². The maximum atomic E-state index is 5.81. The van der Waals surface area contributed by atoms with Gasteiger partial charge in [-0.25, -0.2) is 9.97 Å². The molecule has 1 aliphatic rings. The molecule has 0 unspecified atom stereocenters. The number of ether oxygens (including phenoxy) is 2. The standard InChI is InChI=1S/C21H30N4O2/c1-16-8-10-25(11-9-16)21-23-13-18(14-24-21)12-22-17(2)15-27-20-6-4-19(26-3)5-7-20/h4-7,13-14,16-17,22H,8-12,15H2,1-3H3/t17-/m0/s1. The van der Waals surface area contributed by atoms with Crippen molar-refractivity contribution in [1.29, 1.82) is 0 Å². The van der Waals surface area contributed by atoms with E-state index in [1.165, 1.54) is 12.8 Å². The highest BCUT2D eigenvalue weighted by atomic mass is 16.5. The van der Waals surface area contributed by atoms with Crippen LogP contribution in [-0.4, -0.2) is 42.8 Å². The van der Waals surface area contributed by atoms with Gasteiger partial charge in [-0.2, -0.15) is 0 Å². The van der Waals surface area contributed by atoms with Crippen LogP contribution in [0.3, 0.4) is 0 Å². The van der Waals surface area contributed by atoms with Crippen LogP contribution in [0.5, 0.6) is 11.5 Å². The molecule has 2 heterocycles. The van der Waals surface area contributed by atoms with E-state index in [4.69, 9.17) is 9.47 Å². The van der Waals surface area contributed by atoms with Crippen LogP contribution in [0.15, 0.2) is 36.7 Å². The second-order valence-electron chi connectivity index (χ2n) is 7.33.